The van der Waals surface area contributed by atoms with Crippen molar-refractivity contribution in [3.05, 3.63) is 23.8 Å². The topological polar surface area (TPSA) is 30.5 Å². The Labute approximate surface area is 104 Å². The van der Waals surface area contributed by atoms with Gasteiger partial charge in [0.1, 0.15) is 0 Å². The van der Waals surface area contributed by atoms with Crippen LogP contribution in [0.15, 0.2) is 18.2 Å². The van der Waals surface area contributed by atoms with E-state index in [9.17, 15) is 0 Å². The normalized spacial score (nSPS) is 10.6. The zero-order valence-corrected chi connectivity index (χ0v) is 11.2. The van der Waals surface area contributed by atoms with Crippen LogP contribution in [0.3, 0.4) is 0 Å². The number of rotatable bonds is 7. The minimum absolute atomic E-state index is 0.160. The van der Waals surface area contributed by atoms with Crippen LogP contribution in [-0.2, 0) is 6.54 Å². The Morgan fingerprint density at radius 3 is 2.59 bits per heavy atom. The molecule has 0 bridgehead atoms. The molecule has 0 radical (unpaired) electrons. The molecule has 3 nitrogen and oxygen atoms in total. The van der Waals surface area contributed by atoms with Crippen molar-refractivity contribution >= 4 is 0 Å². The van der Waals surface area contributed by atoms with Gasteiger partial charge in [0.2, 0.25) is 0 Å². The number of hydrogen-bond donors (Lipinski definition) is 1. The van der Waals surface area contributed by atoms with E-state index < -0.39 is 0 Å². The maximum absolute atomic E-state index is 5.67. The van der Waals surface area contributed by atoms with Gasteiger partial charge < -0.3 is 14.8 Å². The smallest absolute Gasteiger partial charge is 0.161 e. The van der Waals surface area contributed by atoms with Gasteiger partial charge in [-0.3, -0.25) is 0 Å². The molecule has 96 valence electrons. The van der Waals surface area contributed by atoms with Gasteiger partial charge >= 0.3 is 0 Å². The van der Waals surface area contributed by atoms with E-state index >= 15 is 0 Å². The molecule has 0 aromatic heterocycles. The lowest BCUT2D eigenvalue weighted by atomic mass is 10.2. The summed E-state index contributed by atoms with van der Waals surface area (Å²) in [5.74, 6) is 1.61. The van der Waals surface area contributed by atoms with E-state index in [2.05, 4.69) is 18.3 Å². The number of nitrogens with one attached hydrogen (secondary N) is 1. The molecule has 3 heteroatoms. The molecule has 0 aliphatic carbocycles. The highest BCUT2D eigenvalue weighted by molar-refractivity contribution is 5.43. The first-order valence-electron chi connectivity index (χ1n) is 6.21. The van der Waals surface area contributed by atoms with E-state index in [1.165, 1.54) is 5.56 Å². The van der Waals surface area contributed by atoms with Gasteiger partial charge in [-0.25, -0.2) is 0 Å². The van der Waals surface area contributed by atoms with Crippen LogP contribution < -0.4 is 14.8 Å². The predicted molar refractivity (Wildman–Crippen MR) is 70.8 cm³/mol. The molecule has 0 saturated heterocycles. The van der Waals surface area contributed by atoms with Crippen LogP contribution in [0.4, 0.5) is 0 Å². The van der Waals surface area contributed by atoms with Gasteiger partial charge in [-0.15, -0.1) is 0 Å². The monoisotopic (exact) mass is 237 g/mol. The largest absolute Gasteiger partial charge is 0.493 e. The number of ether oxygens (including phenoxy) is 2. The van der Waals surface area contributed by atoms with Crippen LogP contribution in [0.1, 0.15) is 32.8 Å². The molecule has 17 heavy (non-hydrogen) atoms. The minimum Gasteiger partial charge on any atom is -0.493 e. The molecule has 0 amide bonds. The fourth-order valence-corrected chi connectivity index (χ4v) is 1.58. The third-order valence-electron chi connectivity index (χ3n) is 2.35. The Kier molecular flexibility index (Phi) is 5.84. The van der Waals surface area contributed by atoms with Gasteiger partial charge in [-0.1, -0.05) is 13.0 Å². The molecule has 0 unspecified atom stereocenters. The average molecular weight is 237 g/mol. The lowest BCUT2D eigenvalue weighted by Gasteiger charge is -2.14. The summed E-state index contributed by atoms with van der Waals surface area (Å²) in [6.07, 6.45) is 1.30. The summed E-state index contributed by atoms with van der Waals surface area (Å²) in [6.45, 7) is 8.08. The van der Waals surface area contributed by atoms with E-state index in [-0.39, 0.29) is 6.10 Å². The summed E-state index contributed by atoms with van der Waals surface area (Å²) in [7, 11) is 1.67. The van der Waals surface area contributed by atoms with Crippen molar-refractivity contribution < 1.29 is 9.47 Å². The quantitative estimate of drug-likeness (QED) is 0.740. The molecule has 1 N–H and O–H groups in total. The van der Waals surface area contributed by atoms with Gasteiger partial charge in [0, 0.05) is 6.54 Å². The first kappa shape index (κ1) is 13.8. The van der Waals surface area contributed by atoms with E-state index in [1.54, 1.807) is 7.11 Å². The van der Waals surface area contributed by atoms with Crippen LogP contribution in [0.2, 0.25) is 0 Å². The zero-order valence-electron chi connectivity index (χ0n) is 11.2. The first-order chi connectivity index (χ1) is 8.17. The van der Waals surface area contributed by atoms with Crippen molar-refractivity contribution in [2.45, 2.75) is 39.8 Å². The minimum atomic E-state index is 0.160. The van der Waals surface area contributed by atoms with Crippen molar-refractivity contribution in [3.8, 4) is 11.5 Å². The second-order valence-corrected chi connectivity index (χ2v) is 4.33. The summed E-state index contributed by atoms with van der Waals surface area (Å²) in [4.78, 5) is 0. The highest BCUT2D eigenvalue weighted by Gasteiger charge is 2.07. The van der Waals surface area contributed by atoms with Gasteiger partial charge in [0.05, 0.1) is 13.2 Å². The molecule has 1 aromatic rings. The second-order valence-electron chi connectivity index (χ2n) is 4.33. The van der Waals surface area contributed by atoms with Crippen molar-refractivity contribution in [1.29, 1.82) is 0 Å². The Bertz CT molecular complexity index is 337. The summed E-state index contributed by atoms with van der Waals surface area (Å²) < 4.78 is 11.0. The molecule has 0 saturated carbocycles. The lowest BCUT2D eigenvalue weighted by molar-refractivity contribution is 0.230. The second kappa shape index (κ2) is 7.17. The highest BCUT2D eigenvalue weighted by atomic mass is 16.5. The summed E-state index contributed by atoms with van der Waals surface area (Å²) >= 11 is 0. The lowest BCUT2D eigenvalue weighted by Crippen LogP contribution is -2.14. The van der Waals surface area contributed by atoms with Gasteiger partial charge in [0.15, 0.2) is 11.5 Å². The number of hydrogen-bond acceptors (Lipinski definition) is 3. The molecule has 0 spiro atoms. The van der Waals surface area contributed by atoms with Crippen LogP contribution >= 0.6 is 0 Å². The molecule has 1 aromatic carbocycles. The van der Waals surface area contributed by atoms with Crippen molar-refractivity contribution in [1.82, 2.24) is 5.32 Å². The predicted octanol–water partition coefficient (Wildman–Crippen LogP) is 2.98. The van der Waals surface area contributed by atoms with Crippen molar-refractivity contribution in [2.75, 3.05) is 13.7 Å². The highest BCUT2D eigenvalue weighted by Crippen LogP contribution is 2.28. The third-order valence-corrected chi connectivity index (χ3v) is 2.35. The van der Waals surface area contributed by atoms with Crippen LogP contribution in [-0.4, -0.2) is 19.8 Å². The summed E-state index contributed by atoms with van der Waals surface area (Å²) in [5.41, 5.74) is 1.21. The molecule has 0 atom stereocenters. The molecule has 0 aliphatic heterocycles. The zero-order chi connectivity index (χ0) is 12.7. The van der Waals surface area contributed by atoms with Crippen molar-refractivity contribution in [3.63, 3.8) is 0 Å². The Morgan fingerprint density at radius 1 is 1.24 bits per heavy atom. The fourth-order valence-electron chi connectivity index (χ4n) is 1.58. The van der Waals surface area contributed by atoms with E-state index in [4.69, 9.17) is 9.47 Å². The fraction of sp³-hybridized carbons (Fsp3) is 0.571. The van der Waals surface area contributed by atoms with E-state index in [0.29, 0.717) is 0 Å². The van der Waals surface area contributed by atoms with E-state index in [0.717, 1.165) is 31.0 Å². The average Bonchev–Trinajstić information content (AvgIpc) is 2.30. The molecule has 0 heterocycles. The number of methoxy groups -OCH3 is 1. The van der Waals surface area contributed by atoms with E-state index in [1.807, 2.05) is 26.0 Å². The Balaban J connectivity index is 2.70. The van der Waals surface area contributed by atoms with Crippen LogP contribution in [0.25, 0.3) is 0 Å². The molecular formula is C14H23NO2. The molecule has 1 rings (SSSR count). The van der Waals surface area contributed by atoms with Crippen molar-refractivity contribution in [2.24, 2.45) is 0 Å². The maximum atomic E-state index is 5.67. The van der Waals surface area contributed by atoms with Gasteiger partial charge in [-0.05, 0) is 44.5 Å². The SMILES string of the molecule is CCCNCc1ccc(OC(C)C)c(OC)c1. The first-order valence-corrected chi connectivity index (χ1v) is 6.21. The number of benzene rings is 1. The van der Waals surface area contributed by atoms with Gasteiger partial charge in [-0.2, -0.15) is 0 Å². The summed E-state index contributed by atoms with van der Waals surface area (Å²) in [6, 6.07) is 6.07. The third kappa shape index (κ3) is 4.65. The van der Waals surface area contributed by atoms with Gasteiger partial charge in [0.25, 0.3) is 0 Å². The summed E-state index contributed by atoms with van der Waals surface area (Å²) in [5, 5.41) is 3.37. The maximum Gasteiger partial charge on any atom is 0.161 e. The molecule has 0 fully saturated rings. The van der Waals surface area contributed by atoms with Crippen LogP contribution in [0.5, 0.6) is 11.5 Å². The Hall–Kier alpha value is -1.22. The van der Waals surface area contributed by atoms with Crippen LogP contribution in [0, 0.1) is 0 Å². The molecule has 0 aliphatic rings. The Morgan fingerprint density at radius 2 is 2.00 bits per heavy atom. The molecular weight excluding hydrogens is 214 g/mol. The standard InChI is InChI=1S/C14H23NO2/c1-5-8-15-10-12-6-7-13(17-11(2)3)14(9-12)16-4/h6-7,9,11,15H,5,8,10H2,1-4H3.